The summed E-state index contributed by atoms with van der Waals surface area (Å²) in [6.07, 6.45) is 2.11. The maximum absolute atomic E-state index is 13.3. The summed E-state index contributed by atoms with van der Waals surface area (Å²) in [5.41, 5.74) is 11.6. The topological polar surface area (TPSA) is 271 Å². The van der Waals surface area contributed by atoms with Gasteiger partial charge in [-0.3, -0.25) is 0 Å². The number of piperazine rings is 1. The number of carbonyl (C=O) groups is 1. The second kappa shape index (κ2) is 33.3. The number of aromatic hydroxyl groups is 4. The number of ether oxygens (including phenoxy) is 3. The molecule has 582 valence electrons. The van der Waals surface area contributed by atoms with Crippen LogP contribution in [0.15, 0.2) is 145 Å². The smallest absolute Gasteiger partial charge is 0.409 e. The van der Waals surface area contributed by atoms with Crippen molar-refractivity contribution in [3.8, 4) is 79.0 Å². The average molecular weight is 1600 g/mol. The zero-order chi connectivity index (χ0) is 78.8. The zero-order valence-corrected chi connectivity index (χ0v) is 67.4. The highest BCUT2D eigenvalue weighted by atomic mass is 32.1. The Balaban J connectivity index is 0.000000115. The van der Waals surface area contributed by atoms with Crippen LogP contribution in [0.1, 0.15) is 54.8 Å². The number of rotatable bonds is 11. The summed E-state index contributed by atoms with van der Waals surface area (Å²) in [5, 5.41) is 46.6. The molecule has 0 aliphatic carbocycles. The highest BCUT2D eigenvalue weighted by Crippen LogP contribution is 2.46. The molecule has 4 aliphatic heterocycles. The number of anilines is 4. The monoisotopic (exact) mass is 1600 g/mol. The Morgan fingerprint density at radius 3 is 1.33 bits per heavy atom. The van der Waals surface area contributed by atoms with E-state index in [2.05, 4.69) is 57.9 Å². The van der Waals surface area contributed by atoms with Crippen LogP contribution in [0.3, 0.4) is 0 Å². The molecule has 19 rings (SSSR count). The minimum Gasteiger partial charge on any atom is -0.507 e. The van der Waals surface area contributed by atoms with Crippen LogP contribution in [-0.4, -0.2) is 180 Å². The first-order chi connectivity index (χ1) is 55.4. The number of amides is 1. The predicted molar refractivity (Wildman–Crippen MR) is 455 cm³/mol. The number of halogens is 1. The Morgan fingerprint density at radius 1 is 0.447 bits per heavy atom. The van der Waals surface area contributed by atoms with E-state index in [1.807, 2.05) is 88.4 Å². The largest absolute Gasteiger partial charge is 0.507 e. The minimum atomic E-state index is -0.259. The first-order valence-electron chi connectivity index (χ1n) is 38.1. The number of hydrogen-bond donors (Lipinski definition) is 4. The fourth-order valence-electron chi connectivity index (χ4n) is 14.6. The van der Waals surface area contributed by atoms with Crippen molar-refractivity contribution in [1.82, 2.24) is 54.7 Å². The quantitative estimate of drug-likeness (QED) is 0.0937. The van der Waals surface area contributed by atoms with E-state index in [0.29, 0.717) is 111 Å². The second-order valence-corrected chi connectivity index (χ2v) is 32.8. The lowest BCUT2D eigenvalue weighted by molar-refractivity contribution is 0.0901. The molecule has 4 N–H and O–H groups in total. The number of pyridine rings is 2. The Hall–Kier alpha value is -11.4. The van der Waals surface area contributed by atoms with Crippen molar-refractivity contribution in [3.05, 3.63) is 179 Å². The summed E-state index contributed by atoms with van der Waals surface area (Å²) >= 11 is 6.48. The lowest BCUT2D eigenvalue weighted by Crippen LogP contribution is -2.49. The van der Waals surface area contributed by atoms with E-state index in [-0.39, 0.29) is 34.9 Å². The first kappa shape index (κ1) is 76.6. The SMILES string of the molecule is Cc1cc(C)c2c(n1)sc1c(N3CCCC3)nc(-c3ccccc3O)nc12.Cc1cc(C)c2c(n1)sc1c(N3CCOCC3)nc(-c3ccccc3O)nc12.Cc1csc2nc(-c3ccccc3O)nc(N3CCN(C(=O)OCC(C)C)CC3)c12.Oc1ccccc1-c1nc(N2CCOCC2)c2sc(-c3ccc(F)cc3)cc2n1. The van der Waals surface area contributed by atoms with E-state index in [1.54, 1.807) is 105 Å². The molecule has 14 heterocycles. The van der Waals surface area contributed by atoms with Crippen LogP contribution in [0, 0.1) is 46.4 Å². The number of para-hydroxylation sites is 4. The van der Waals surface area contributed by atoms with Gasteiger partial charge in [0, 0.05) is 92.5 Å². The first-order valence-corrected chi connectivity index (χ1v) is 41.4. The van der Waals surface area contributed by atoms with Crippen LogP contribution in [0.5, 0.6) is 23.0 Å². The maximum atomic E-state index is 13.3. The van der Waals surface area contributed by atoms with Gasteiger partial charge in [-0.15, -0.1) is 45.3 Å². The highest BCUT2D eigenvalue weighted by molar-refractivity contribution is 7.26. The molecule has 114 heavy (non-hydrogen) atoms. The van der Waals surface area contributed by atoms with Crippen LogP contribution in [-0.2, 0) is 14.2 Å². The second-order valence-electron chi connectivity index (χ2n) is 28.9. The maximum Gasteiger partial charge on any atom is 0.409 e. The molecule has 0 atom stereocenters. The number of hydrogen-bond acceptors (Lipinski definition) is 26. The van der Waals surface area contributed by atoms with Crippen LogP contribution in [0.25, 0.3) is 117 Å². The van der Waals surface area contributed by atoms with E-state index < -0.39 is 0 Å². The number of aromatic nitrogens is 10. The third kappa shape index (κ3) is 16.0. The number of aryl methyl sites for hydroxylation is 5. The number of phenols is 4. The summed E-state index contributed by atoms with van der Waals surface area (Å²) in [7, 11) is 0. The van der Waals surface area contributed by atoms with Crippen molar-refractivity contribution in [2.45, 2.75) is 61.3 Å². The van der Waals surface area contributed by atoms with E-state index in [0.717, 1.165) is 157 Å². The summed E-state index contributed by atoms with van der Waals surface area (Å²) < 4.78 is 32.8. The fourth-order valence-corrected chi connectivity index (χ4v) is 19.1. The van der Waals surface area contributed by atoms with Crippen molar-refractivity contribution in [2.75, 3.05) is 118 Å². The van der Waals surface area contributed by atoms with Crippen molar-refractivity contribution >= 4 is 136 Å². The summed E-state index contributed by atoms with van der Waals surface area (Å²) in [6, 6.07) is 41.3. The number of carbonyl (C=O) groups excluding carboxylic acids is 1. The van der Waals surface area contributed by atoms with Gasteiger partial charge in [-0.25, -0.2) is 59.0 Å². The van der Waals surface area contributed by atoms with Crippen molar-refractivity contribution in [3.63, 3.8) is 0 Å². The number of fused-ring (bicyclic) bond motifs is 8. The van der Waals surface area contributed by atoms with Crippen LogP contribution in [0.2, 0.25) is 0 Å². The molecular formula is C86H84FN15O8S4. The van der Waals surface area contributed by atoms with Gasteiger partial charge in [-0.1, -0.05) is 74.5 Å². The molecule has 23 nitrogen and oxygen atoms in total. The van der Waals surface area contributed by atoms with E-state index >= 15 is 0 Å². The normalized spacial score (nSPS) is 14.6. The summed E-state index contributed by atoms with van der Waals surface area (Å²) in [6.45, 7) is 25.0. The van der Waals surface area contributed by atoms with Crippen molar-refractivity contribution < 1.29 is 43.8 Å². The van der Waals surface area contributed by atoms with E-state index in [4.69, 9.17) is 64.1 Å². The zero-order valence-electron chi connectivity index (χ0n) is 64.1. The van der Waals surface area contributed by atoms with E-state index in [1.165, 1.54) is 30.5 Å². The standard InChI is InChI=1S/C22H18FN3O2S.C22H26N4O3S.C21H20N4O2S.C21H20N4OS/c23-15-7-5-14(6-8-15)19-13-17-20(29-19)22(26-9-11-28-12-10-26)25-21(24-17)16-3-1-2-4-18(16)27;1-14(2)12-29-22(28)26-10-8-25(9-11-26)20-18-15(3)13-30-21(18)24-19(23-20)16-6-4-5-7-17(16)27;1-12-11-13(2)22-21-16(12)17-18(28-21)20(25-7-9-27-10-8-25)24-19(23-17)14-5-3-4-6-15(14)26;1-12-11-13(2)22-21-16(12)17-18(27-21)20(25-9-5-6-10-25)24-19(23-17)14-7-3-4-8-15(14)26/h1-8,13,27H,9-12H2;4-7,13-14,27H,8-12H2,1-3H3;3-6,11,26H,7-10H2,1-2H3;3-4,7-8,11,26H,5-6,9-10H2,1-2H3. The molecular weight excluding hydrogens is 1520 g/mol. The molecule has 0 unspecified atom stereocenters. The van der Waals surface area contributed by atoms with Crippen molar-refractivity contribution in [1.29, 1.82) is 0 Å². The molecule has 5 aromatic carbocycles. The Labute approximate surface area is 673 Å². The number of thiophene rings is 4. The molecule has 4 fully saturated rings. The average Bonchev–Trinajstić information content (AvgIpc) is 1.60. The van der Waals surface area contributed by atoms with Gasteiger partial charge >= 0.3 is 6.09 Å². The molecule has 10 aromatic heterocycles. The molecule has 0 radical (unpaired) electrons. The predicted octanol–water partition coefficient (Wildman–Crippen LogP) is 17.9. The summed E-state index contributed by atoms with van der Waals surface area (Å²) in [5.74, 6) is 6.41. The van der Waals surface area contributed by atoms with Gasteiger partial charge in [0.15, 0.2) is 40.8 Å². The molecule has 15 aromatic rings. The van der Waals surface area contributed by atoms with Gasteiger partial charge in [0.05, 0.1) is 91.3 Å². The molecule has 4 aliphatic rings. The van der Waals surface area contributed by atoms with Crippen LogP contribution >= 0.6 is 45.3 Å². The lowest BCUT2D eigenvalue weighted by atomic mass is 10.1. The number of phenolic OH excluding ortho intramolecular Hbond substituents is 4. The Bertz CT molecular complexity index is 6070. The van der Waals surface area contributed by atoms with Gasteiger partial charge in [0.2, 0.25) is 0 Å². The molecule has 0 bridgehead atoms. The number of nitrogens with zero attached hydrogens (tertiary/aromatic N) is 15. The number of morpholine rings is 2. The third-order valence-corrected chi connectivity index (χ3v) is 24.6. The molecule has 28 heteroatoms. The highest BCUT2D eigenvalue weighted by Gasteiger charge is 2.30. The molecule has 1 amide bonds. The Morgan fingerprint density at radius 2 is 0.868 bits per heavy atom. The van der Waals surface area contributed by atoms with Crippen LogP contribution in [0.4, 0.5) is 32.5 Å². The molecule has 0 spiro atoms. The van der Waals surface area contributed by atoms with E-state index in [9.17, 15) is 29.6 Å². The van der Waals surface area contributed by atoms with Gasteiger partial charge in [-0.2, -0.15) is 0 Å². The van der Waals surface area contributed by atoms with Gasteiger partial charge in [-0.05, 0) is 160 Å². The Kier molecular flexibility index (Phi) is 22.4. The van der Waals surface area contributed by atoms with Crippen molar-refractivity contribution in [2.24, 2.45) is 5.92 Å². The minimum absolute atomic E-state index is 0.147. The number of benzene rings is 5. The fraction of sp³-hybridized carbons (Fsp3) is 0.291. The summed E-state index contributed by atoms with van der Waals surface area (Å²) in [4.78, 5) is 75.0. The lowest BCUT2D eigenvalue weighted by Gasteiger charge is -2.35. The van der Waals surface area contributed by atoms with Gasteiger partial charge in [0.1, 0.15) is 49.1 Å². The third-order valence-electron chi connectivity index (χ3n) is 20.3. The van der Waals surface area contributed by atoms with Crippen LogP contribution < -0.4 is 19.6 Å². The molecule has 4 saturated heterocycles. The molecule has 0 saturated carbocycles. The van der Waals surface area contributed by atoms with Gasteiger partial charge < -0.3 is 59.1 Å². The van der Waals surface area contributed by atoms with Gasteiger partial charge in [0.25, 0.3) is 0 Å².